The lowest BCUT2D eigenvalue weighted by Crippen LogP contribution is -2.51. The fourth-order valence-corrected chi connectivity index (χ4v) is 12.5. The fraction of sp³-hybridized carbons (Fsp3) is 0.735. The van der Waals surface area contributed by atoms with E-state index in [1.807, 2.05) is 13.0 Å². The monoisotopic (exact) mass is 697 g/mol. The van der Waals surface area contributed by atoms with Gasteiger partial charge in [-0.2, -0.15) is 0 Å². The van der Waals surface area contributed by atoms with E-state index in [1.54, 1.807) is 11.6 Å². The van der Waals surface area contributed by atoms with Gasteiger partial charge in [-0.05, 0) is 160 Å². The van der Waals surface area contributed by atoms with Crippen LogP contribution in [0, 0.1) is 57.7 Å². The van der Waals surface area contributed by atoms with Crippen molar-refractivity contribution in [3.63, 3.8) is 0 Å². The van der Waals surface area contributed by atoms with E-state index < -0.39 is 0 Å². The van der Waals surface area contributed by atoms with Crippen molar-refractivity contribution in [2.75, 3.05) is 0 Å². The molecule has 0 aliphatic heterocycles. The minimum absolute atomic E-state index is 0.00108. The molecule has 0 aromatic heterocycles. The van der Waals surface area contributed by atoms with Crippen LogP contribution in [0.15, 0.2) is 70.4 Å². The van der Waals surface area contributed by atoms with Gasteiger partial charge in [-0.3, -0.25) is 0 Å². The lowest BCUT2D eigenvalue weighted by molar-refractivity contribution is -0.145. The summed E-state index contributed by atoms with van der Waals surface area (Å²) in [5, 5.41) is 0. The van der Waals surface area contributed by atoms with Gasteiger partial charge in [-0.15, -0.1) is 0 Å². The molecule has 3 saturated carbocycles. The maximum absolute atomic E-state index is 13.1. The maximum Gasteiger partial charge on any atom is 0.331 e. The van der Waals surface area contributed by atoms with E-state index in [0.717, 1.165) is 66.3 Å². The zero-order chi connectivity index (χ0) is 37.1. The van der Waals surface area contributed by atoms with Crippen molar-refractivity contribution in [2.45, 2.75) is 172 Å². The Hall–Kier alpha value is -2.09. The average Bonchev–Trinajstić information content (AvgIpc) is 3.41. The van der Waals surface area contributed by atoms with E-state index in [-0.39, 0.29) is 22.9 Å². The third-order valence-corrected chi connectivity index (χ3v) is 15.7. The Balaban J connectivity index is 1.15. The van der Waals surface area contributed by atoms with Crippen molar-refractivity contribution in [1.82, 2.24) is 0 Å². The van der Waals surface area contributed by atoms with Crippen molar-refractivity contribution in [3.05, 3.63) is 70.4 Å². The maximum atomic E-state index is 13.1. The van der Waals surface area contributed by atoms with Crippen LogP contribution < -0.4 is 0 Å². The van der Waals surface area contributed by atoms with Crippen LogP contribution in [0.25, 0.3) is 0 Å². The van der Waals surface area contributed by atoms with Crippen LogP contribution in [0.3, 0.4) is 0 Å². The largest absolute Gasteiger partial charge is 0.459 e. The average molecular weight is 697 g/mol. The molecule has 9 atom stereocenters. The Morgan fingerprint density at radius 3 is 2.41 bits per heavy atom. The third kappa shape index (κ3) is 8.83. The molecule has 0 radical (unpaired) electrons. The Kier molecular flexibility index (Phi) is 13.0. The predicted octanol–water partition coefficient (Wildman–Crippen LogP) is 14.1. The number of hydrogen-bond acceptors (Lipinski definition) is 2. The quantitative estimate of drug-likeness (QED) is 0.0879. The van der Waals surface area contributed by atoms with E-state index >= 15 is 0 Å². The van der Waals surface area contributed by atoms with E-state index in [0.29, 0.717) is 5.41 Å². The second-order valence-corrected chi connectivity index (χ2v) is 19.7. The van der Waals surface area contributed by atoms with Gasteiger partial charge in [0.25, 0.3) is 0 Å². The normalized spacial score (nSPS) is 35.5. The van der Waals surface area contributed by atoms with Gasteiger partial charge in [-0.25, -0.2) is 4.79 Å². The molecule has 0 amide bonds. The number of carbonyl (C=O) groups is 1. The van der Waals surface area contributed by atoms with Crippen LogP contribution in [-0.2, 0) is 9.53 Å². The van der Waals surface area contributed by atoms with Crippen molar-refractivity contribution in [1.29, 1.82) is 0 Å². The van der Waals surface area contributed by atoms with Gasteiger partial charge >= 0.3 is 5.97 Å². The molecule has 0 bridgehead atoms. The fourth-order valence-electron chi connectivity index (χ4n) is 12.5. The second kappa shape index (κ2) is 16.5. The van der Waals surface area contributed by atoms with Crippen molar-refractivity contribution in [3.8, 4) is 0 Å². The molecule has 0 aromatic rings. The van der Waals surface area contributed by atoms with Gasteiger partial charge in [0.15, 0.2) is 0 Å². The zero-order valence-corrected chi connectivity index (χ0v) is 34.9. The van der Waals surface area contributed by atoms with Crippen molar-refractivity contribution < 1.29 is 9.53 Å². The molecular formula is C49H76O2. The van der Waals surface area contributed by atoms with Gasteiger partial charge in [0.05, 0.1) is 0 Å². The second-order valence-electron chi connectivity index (χ2n) is 19.7. The Morgan fingerprint density at radius 1 is 0.941 bits per heavy atom. The third-order valence-electron chi connectivity index (χ3n) is 15.7. The van der Waals surface area contributed by atoms with Crippen molar-refractivity contribution in [2.24, 2.45) is 57.7 Å². The molecule has 51 heavy (non-hydrogen) atoms. The number of carbonyl (C=O) groups excluding carboxylic acids is 1. The molecule has 0 N–H and O–H groups in total. The number of rotatable bonds is 12. The first-order valence-electron chi connectivity index (χ1n) is 21.4. The number of fused-ring (bicyclic) bond motifs is 5. The summed E-state index contributed by atoms with van der Waals surface area (Å²) in [6.45, 7) is 26.3. The highest BCUT2D eigenvalue weighted by atomic mass is 16.5. The van der Waals surface area contributed by atoms with Crippen LogP contribution in [-0.4, -0.2) is 12.1 Å². The van der Waals surface area contributed by atoms with Crippen LogP contribution in [0.1, 0.15) is 166 Å². The highest BCUT2D eigenvalue weighted by Gasteiger charge is 2.59. The summed E-state index contributed by atoms with van der Waals surface area (Å²) in [6.07, 6.45) is 33.0. The molecule has 0 saturated heterocycles. The lowest BCUT2D eigenvalue weighted by Gasteiger charge is -2.58. The van der Waals surface area contributed by atoms with E-state index in [4.69, 9.17) is 4.74 Å². The molecule has 0 heterocycles. The first kappa shape index (κ1) is 40.1. The highest BCUT2D eigenvalue weighted by molar-refractivity contribution is 5.83. The number of esters is 1. The van der Waals surface area contributed by atoms with Crippen LogP contribution in [0.4, 0.5) is 0 Å². The standard InChI is InChI=1S/C49H76O2/c1-12-38(33(2)3)20-19-37(7)43-24-25-44-41-22-21-39-32-40(26-29-48(39,10)45(41)27-30-49(43,44)11)51-46(50)31-35(5)16-13-15-34(4)18-23-42-36(6)17-14-28-47(42,8)9/h13,15-16,18,21,23,31,33,37-38,40-41,43-45H,12,14,17,19-20,22,24-30,32H2,1-11H3/b16-13?,23-18+,34-15?,35-31?/t37-,38-,40-,41+,43-,44+,45+,48+,49-/m1/s1. The van der Waals surface area contributed by atoms with Crippen LogP contribution in [0.2, 0.25) is 0 Å². The van der Waals surface area contributed by atoms with Crippen molar-refractivity contribution >= 4 is 5.97 Å². The van der Waals surface area contributed by atoms with Gasteiger partial charge in [0.1, 0.15) is 6.10 Å². The van der Waals surface area contributed by atoms with E-state index in [2.05, 4.69) is 99.6 Å². The molecule has 0 unspecified atom stereocenters. The molecule has 5 rings (SSSR count). The van der Waals surface area contributed by atoms with Gasteiger partial charge in [-0.1, -0.05) is 121 Å². The minimum atomic E-state index is -0.194. The van der Waals surface area contributed by atoms with E-state index in [9.17, 15) is 4.79 Å². The summed E-state index contributed by atoms with van der Waals surface area (Å²) in [6, 6.07) is 0. The van der Waals surface area contributed by atoms with E-state index in [1.165, 1.54) is 87.3 Å². The summed E-state index contributed by atoms with van der Waals surface area (Å²) in [5.41, 5.74) is 7.79. The Labute approximate surface area is 314 Å². The SMILES string of the molecule is CC[C@H](CC[C@@H](C)[C@H]1CC[C@H]2[C@@H]3CC=C4C[C@H](OC(=O)C=C(C)C=CC=C(C)/C=C/C5=C(C)CCCC5(C)C)CC[C@]4(C)[C@H]3CC[C@]12C)C(C)C. The van der Waals surface area contributed by atoms with Gasteiger partial charge in [0.2, 0.25) is 0 Å². The number of ether oxygens (including phenoxy) is 1. The molecule has 2 nitrogen and oxygen atoms in total. The summed E-state index contributed by atoms with van der Waals surface area (Å²) < 4.78 is 6.12. The molecule has 3 fully saturated rings. The molecular weight excluding hydrogens is 621 g/mol. The zero-order valence-electron chi connectivity index (χ0n) is 34.9. The molecule has 2 heteroatoms. The topological polar surface area (TPSA) is 26.3 Å². The summed E-state index contributed by atoms with van der Waals surface area (Å²) >= 11 is 0. The predicted molar refractivity (Wildman–Crippen MR) is 218 cm³/mol. The highest BCUT2D eigenvalue weighted by Crippen LogP contribution is 2.67. The Morgan fingerprint density at radius 2 is 1.71 bits per heavy atom. The van der Waals surface area contributed by atoms with Crippen LogP contribution >= 0.6 is 0 Å². The smallest absolute Gasteiger partial charge is 0.331 e. The van der Waals surface area contributed by atoms with Gasteiger partial charge in [0, 0.05) is 12.5 Å². The first-order valence-corrected chi connectivity index (χ1v) is 21.4. The summed E-state index contributed by atoms with van der Waals surface area (Å²) in [7, 11) is 0. The minimum Gasteiger partial charge on any atom is -0.459 e. The number of hydrogen-bond donors (Lipinski definition) is 0. The Bertz CT molecular complexity index is 1430. The molecule has 0 aromatic carbocycles. The summed E-state index contributed by atoms with van der Waals surface area (Å²) in [5.74, 6) is 5.74. The van der Waals surface area contributed by atoms with Gasteiger partial charge < -0.3 is 4.74 Å². The molecule has 284 valence electrons. The van der Waals surface area contributed by atoms with Crippen LogP contribution in [0.5, 0.6) is 0 Å². The summed E-state index contributed by atoms with van der Waals surface area (Å²) in [4.78, 5) is 13.1. The molecule has 5 aliphatic carbocycles. The lowest BCUT2D eigenvalue weighted by atomic mass is 9.47. The molecule has 5 aliphatic rings. The molecule has 0 spiro atoms. The number of allylic oxidation sites excluding steroid dienone is 10. The first-order chi connectivity index (χ1) is 24.1.